The number of aromatic nitrogens is 2. The fraction of sp³-hybridized carbons (Fsp3) is 0.633. The van der Waals surface area contributed by atoms with Crippen LogP contribution in [0.15, 0.2) is 34.2 Å². The first kappa shape index (κ1) is 60.9. The molecule has 2 aliphatic heterocycles. The average molecular weight is 1070 g/mol. The number of aryl methyl sites for hydroxylation is 1. The van der Waals surface area contributed by atoms with Gasteiger partial charge in [-0.1, -0.05) is 25.9 Å². The summed E-state index contributed by atoms with van der Waals surface area (Å²) in [6.07, 6.45) is -2.23. The number of nitrogens with one attached hydrogen (secondary N) is 2. The molecule has 0 saturated carbocycles. The minimum absolute atomic E-state index is 0.150. The number of nitrogens with zero attached hydrogens (tertiary/aromatic N) is 5. The van der Waals surface area contributed by atoms with Gasteiger partial charge in [-0.25, -0.2) is 14.6 Å². The molecule has 0 radical (unpaired) electrons. The molecule has 1 aromatic carbocycles. The minimum atomic E-state index is -1.61. The molecule has 26 nitrogen and oxygen atoms in total. The van der Waals surface area contributed by atoms with Gasteiger partial charge in [0, 0.05) is 34.5 Å². The Balaban J connectivity index is 0.878. The van der Waals surface area contributed by atoms with Crippen LogP contribution in [0.5, 0.6) is 5.75 Å². The van der Waals surface area contributed by atoms with Crippen molar-refractivity contribution in [2.45, 2.75) is 59.3 Å². The van der Waals surface area contributed by atoms with Crippen molar-refractivity contribution in [1.82, 2.24) is 20.2 Å². The van der Waals surface area contributed by atoms with Crippen molar-refractivity contribution < 1.29 is 85.7 Å². The summed E-state index contributed by atoms with van der Waals surface area (Å²) in [5.41, 5.74) is 11.5. The van der Waals surface area contributed by atoms with Crippen molar-refractivity contribution in [3.63, 3.8) is 0 Å². The number of benzene rings is 1. The Labute approximate surface area is 440 Å². The fourth-order valence-electron chi connectivity index (χ4n) is 7.74. The summed E-state index contributed by atoms with van der Waals surface area (Å²) in [4.78, 5) is 72.6. The first-order chi connectivity index (χ1) is 36.9. The zero-order valence-electron chi connectivity index (χ0n) is 43.6. The van der Waals surface area contributed by atoms with Crippen LogP contribution in [-0.4, -0.2) is 190 Å². The average Bonchev–Trinajstić information content (AvgIpc) is 3.81. The first-order valence-corrected chi connectivity index (χ1v) is 25.3. The van der Waals surface area contributed by atoms with Crippen LogP contribution >= 0.6 is 0 Å². The summed E-state index contributed by atoms with van der Waals surface area (Å²) in [6, 6.07) is 6.19. The van der Waals surface area contributed by atoms with Gasteiger partial charge in [-0.05, 0) is 54.5 Å². The summed E-state index contributed by atoms with van der Waals surface area (Å²) in [7, 11) is -1.01. The third-order valence-corrected chi connectivity index (χ3v) is 11.5. The molecule has 2 unspecified atom stereocenters. The topological polar surface area (TPSA) is 316 Å². The molecule has 76 heavy (non-hydrogen) atoms. The molecule has 2 aliphatic rings. The van der Waals surface area contributed by atoms with Crippen LogP contribution in [0.4, 0.5) is 4.79 Å². The van der Waals surface area contributed by atoms with Gasteiger partial charge in [0.05, 0.1) is 141 Å². The van der Waals surface area contributed by atoms with E-state index in [1.807, 2.05) is 6.92 Å². The molecular formula is C49H70BN7O19. The molecule has 0 fully saturated rings. The summed E-state index contributed by atoms with van der Waals surface area (Å²) in [5.74, 6) is -1.66. The molecule has 0 bridgehead atoms. The number of ether oxygens (including phenoxy) is 12. The monoisotopic (exact) mass is 1070 g/mol. The third-order valence-electron chi connectivity index (χ3n) is 11.5. The minimum Gasteiger partial charge on any atom is -0.536 e. The SMILES string of the molecule is CCc1c2c(nc3ccc(OB(C)O)cc13)-c1cc3c(c(=O)n1C2)COC(=O)C3OC(=O)OCC(NC(=O)COCC(=O)NCCOCCOCCOCCOCCOCCOCCOCCOCCN=[N+]=[N-])C(C)C. The van der Waals surface area contributed by atoms with E-state index in [4.69, 9.17) is 72.0 Å². The molecule has 4 heterocycles. The zero-order valence-corrected chi connectivity index (χ0v) is 43.6. The van der Waals surface area contributed by atoms with Crippen LogP contribution in [0.3, 0.4) is 0 Å². The number of azide groups is 1. The van der Waals surface area contributed by atoms with Gasteiger partial charge in [-0.3, -0.25) is 14.4 Å². The quantitative estimate of drug-likeness (QED) is 0.0144. The smallest absolute Gasteiger partial charge is 0.519 e. The largest absolute Gasteiger partial charge is 0.536 e. The van der Waals surface area contributed by atoms with Crippen LogP contribution in [-0.2, 0) is 90.8 Å². The number of cyclic esters (lactones) is 1. The summed E-state index contributed by atoms with van der Waals surface area (Å²) >= 11 is 0. The van der Waals surface area contributed by atoms with E-state index in [1.165, 1.54) is 6.82 Å². The molecule has 3 aromatic rings. The highest BCUT2D eigenvalue weighted by molar-refractivity contribution is 6.41. The van der Waals surface area contributed by atoms with Crippen molar-refractivity contribution in [3.05, 3.63) is 67.3 Å². The maximum atomic E-state index is 13.9. The molecule has 2 amide bonds. The lowest BCUT2D eigenvalue weighted by molar-refractivity contribution is -0.159. The second-order valence-electron chi connectivity index (χ2n) is 17.3. The van der Waals surface area contributed by atoms with Gasteiger partial charge in [0.15, 0.2) is 0 Å². The van der Waals surface area contributed by atoms with E-state index in [1.54, 1.807) is 42.7 Å². The van der Waals surface area contributed by atoms with Crippen LogP contribution in [0, 0.1) is 5.92 Å². The predicted molar refractivity (Wildman–Crippen MR) is 271 cm³/mol. The highest BCUT2D eigenvalue weighted by atomic mass is 16.7. The number of hydrogen-bond acceptors (Lipinski definition) is 21. The van der Waals surface area contributed by atoms with E-state index in [0.29, 0.717) is 135 Å². The van der Waals surface area contributed by atoms with Crippen molar-refractivity contribution in [3.8, 4) is 17.1 Å². The Morgan fingerprint density at radius 3 is 1.97 bits per heavy atom. The standard InChI is InChI=1S/C49H70BN7O19/c1-5-35-36-26-34(76-50(4)63)6-7-40(36)55-45-38(35)28-57-42(45)27-37-39(47(57)60)29-73-48(61)46(37)75-49(62)74-30-41(33(2)3)54-44(59)32-72-31-43(58)52-8-10-64-12-14-66-16-18-68-20-22-70-24-25-71-23-21-69-19-17-67-15-13-65-11-9-53-56-51/h6-7,26-27,33,41,46,63H,5,8-25,28-32H2,1-4H3,(H,52,58)(H,54,59). The molecule has 3 N–H and O–H groups in total. The molecule has 0 spiro atoms. The van der Waals surface area contributed by atoms with E-state index in [0.717, 1.165) is 16.5 Å². The summed E-state index contributed by atoms with van der Waals surface area (Å²) < 4.78 is 71.8. The van der Waals surface area contributed by atoms with Crippen LogP contribution < -0.4 is 20.8 Å². The molecule has 27 heteroatoms. The van der Waals surface area contributed by atoms with Crippen molar-refractivity contribution >= 4 is 42.0 Å². The van der Waals surface area contributed by atoms with E-state index in [9.17, 15) is 29.0 Å². The number of carbonyl (C=O) groups excluding carboxylic acids is 4. The number of pyridine rings is 2. The number of carbonyl (C=O) groups is 4. The Morgan fingerprint density at radius 1 is 0.829 bits per heavy atom. The van der Waals surface area contributed by atoms with Gasteiger partial charge < -0.3 is 81.7 Å². The Kier molecular flexibility index (Phi) is 27.2. The van der Waals surface area contributed by atoms with Crippen LogP contribution in [0.1, 0.15) is 49.1 Å². The van der Waals surface area contributed by atoms with E-state index < -0.39 is 55.4 Å². The second kappa shape index (κ2) is 33.9. The van der Waals surface area contributed by atoms with Gasteiger partial charge >= 0.3 is 19.2 Å². The van der Waals surface area contributed by atoms with Crippen molar-refractivity contribution in [2.75, 3.05) is 139 Å². The fourth-order valence-corrected chi connectivity index (χ4v) is 7.74. The van der Waals surface area contributed by atoms with Crippen LogP contribution in [0.25, 0.3) is 32.7 Å². The molecule has 2 atom stereocenters. The lowest BCUT2D eigenvalue weighted by Gasteiger charge is -2.26. The van der Waals surface area contributed by atoms with Crippen LogP contribution in [0.2, 0.25) is 6.82 Å². The third kappa shape index (κ3) is 20.2. The molecule has 2 aromatic heterocycles. The number of fused-ring (bicyclic) bond motifs is 5. The van der Waals surface area contributed by atoms with Crippen molar-refractivity contribution in [1.29, 1.82) is 0 Å². The maximum Gasteiger partial charge on any atom is 0.519 e. The van der Waals surface area contributed by atoms with E-state index in [-0.39, 0.29) is 56.6 Å². The molecule has 418 valence electrons. The van der Waals surface area contributed by atoms with Gasteiger partial charge in [-0.15, -0.1) is 0 Å². The number of esters is 1. The van der Waals surface area contributed by atoms with Gasteiger partial charge in [-0.2, -0.15) is 0 Å². The number of amides is 2. The molecular weight excluding hydrogens is 1000 g/mol. The maximum absolute atomic E-state index is 13.9. The highest BCUT2D eigenvalue weighted by Crippen LogP contribution is 2.39. The van der Waals surface area contributed by atoms with Crippen molar-refractivity contribution in [2.24, 2.45) is 11.0 Å². The zero-order chi connectivity index (χ0) is 54.5. The van der Waals surface area contributed by atoms with Gasteiger partial charge in [0.25, 0.3) is 5.56 Å². The van der Waals surface area contributed by atoms with E-state index in [2.05, 4.69) is 20.7 Å². The lowest BCUT2D eigenvalue weighted by atomic mass is 9.95. The Bertz CT molecular complexity index is 2440. The van der Waals surface area contributed by atoms with E-state index >= 15 is 0 Å². The highest BCUT2D eigenvalue weighted by Gasteiger charge is 2.38. The summed E-state index contributed by atoms with van der Waals surface area (Å²) in [5, 5.41) is 19.3. The first-order valence-electron chi connectivity index (χ1n) is 25.3. The lowest BCUT2D eigenvalue weighted by Crippen LogP contribution is -2.44. The number of hydrogen-bond donors (Lipinski definition) is 3. The summed E-state index contributed by atoms with van der Waals surface area (Å²) in [6.45, 7) is 12.7. The molecule has 5 rings (SSSR count). The van der Waals surface area contributed by atoms with Gasteiger partial charge in [0.2, 0.25) is 17.9 Å². The second-order valence-corrected chi connectivity index (χ2v) is 17.3. The normalized spacial score (nSPS) is 13.8. The Hall–Kier alpha value is -5.97. The van der Waals surface area contributed by atoms with Gasteiger partial charge in [0.1, 0.15) is 32.2 Å². The molecule has 0 aliphatic carbocycles. The molecule has 0 saturated heterocycles. The Morgan fingerprint density at radius 2 is 1.41 bits per heavy atom. The predicted octanol–water partition coefficient (Wildman–Crippen LogP) is 2.44. The number of rotatable bonds is 39.